The summed E-state index contributed by atoms with van der Waals surface area (Å²) in [5.74, 6) is 0.710. The first kappa shape index (κ1) is 22.4. The Kier molecular flexibility index (Phi) is 5.77. The molecule has 3 heterocycles. The molecule has 34 heavy (non-hydrogen) atoms. The maximum Gasteiger partial charge on any atom is 0.410 e. The van der Waals surface area contributed by atoms with Gasteiger partial charge in [0.1, 0.15) is 16.4 Å². The Morgan fingerprint density at radius 1 is 1.21 bits per heavy atom. The Bertz CT molecular complexity index is 1290. The van der Waals surface area contributed by atoms with Crippen molar-refractivity contribution in [1.82, 2.24) is 15.2 Å². The molecule has 176 valence electrons. The number of aromatic nitrogens is 1. The second-order valence-corrected chi connectivity index (χ2v) is 10.5. The monoisotopic (exact) mass is 477 g/mol. The van der Waals surface area contributed by atoms with E-state index in [9.17, 15) is 9.59 Å². The first-order valence-corrected chi connectivity index (χ1v) is 12.2. The van der Waals surface area contributed by atoms with Crippen molar-refractivity contribution in [2.75, 3.05) is 19.7 Å². The molecule has 0 bridgehead atoms. The van der Waals surface area contributed by atoms with Crippen molar-refractivity contribution in [2.45, 2.75) is 38.8 Å². The summed E-state index contributed by atoms with van der Waals surface area (Å²) in [7, 11) is 0. The van der Waals surface area contributed by atoms with Gasteiger partial charge in [0.2, 0.25) is 0 Å². The Labute approximate surface area is 202 Å². The summed E-state index contributed by atoms with van der Waals surface area (Å²) in [6.07, 6.45) is 2.42. The predicted molar refractivity (Wildman–Crippen MR) is 132 cm³/mol. The number of nitrogens with zero attached hydrogens (tertiary/aromatic N) is 2. The van der Waals surface area contributed by atoms with E-state index in [0.29, 0.717) is 25.3 Å². The molecule has 0 spiro atoms. The van der Waals surface area contributed by atoms with E-state index in [0.717, 1.165) is 38.5 Å². The van der Waals surface area contributed by atoms with Gasteiger partial charge in [0, 0.05) is 29.7 Å². The fourth-order valence-electron chi connectivity index (χ4n) is 4.11. The molecular formula is C26H27N3O4S. The maximum absolute atomic E-state index is 13.0. The highest BCUT2D eigenvalue weighted by Gasteiger charge is 2.27. The molecule has 2 aliphatic rings. The zero-order valence-electron chi connectivity index (χ0n) is 19.5. The molecule has 0 aliphatic carbocycles. The van der Waals surface area contributed by atoms with E-state index < -0.39 is 5.60 Å². The van der Waals surface area contributed by atoms with Gasteiger partial charge in [0.15, 0.2) is 0 Å². The van der Waals surface area contributed by atoms with Crippen LogP contribution in [-0.2, 0) is 4.74 Å². The highest BCUT2D eigenvalue weighted by atomic mass is 32.1. The SMILES string of the molecule is CC(C)(C)OC(=O)N1CC=C(c2nc3ccc(C(=O)N[C@H]4CCOc5ccccc54)cc3s2)C1. The van der Waals surface area contributed by atoms with Crippen LogP contribution < -0.4 is 10.1 Å². The molecule has 0 saturated heterocycles. The van der Waals surface area contributed by atoms with Gasteiger partial charge in [-0.3, -0.25) is 4.79 Å². The summed E-state index contributed by atoms with van der Waals surface area (Å²) in [6, 6.07) is 13.3. The average molecular weight is 478 g/mol. The molecular weight excluding hydrogens is 450 g/mol. The lowest BCUT2D eigenvalue weighted by Gasteiger charge is -2.26. The van der Waals surface area contributed by atoms with E-state index in [2.05, 4.69) is 5.32 Å². The minimum absolute atomic E-state index is 0.0762. The van der Waals surface area contributed by atoms with Crippen molar-refractivity contribution in [3.05, 3.63) is 64.7 Å². The van der Waals surface area contributed by atoms with Gasteiger partial charge in [-0.2, -0.15) is 0 Å². The zero-order chi connectivity index (χ0) is 23.9. The average Bonchev–Trinajstić information content (AvgIpc) is 3.45. The lowest BCUT2D eigenvalue weighted by molar-refractivity contribution is 0.0306. The highest BCUT2D eigenvalue weighted by Crippen LogP contribution is 2.33. The minimum atomic E-state index is -0.528. The van der Waals surface area contributed by atoms with Crippen LogP contribution in [0.15, 0.2) is 48.5 Å². The van der Waals surface area contributed by atoms with Crippen LogP contribution in [0, 0.1) is 0 Å². The smallest absolute Gasteiger partial charge is 0.410 e. The Morgan fingerprint density at radius 3 is 2.85 bits per heavy atom. The van der Waals surface area contributed by atoms with Crippen LogP contribution >= 0.6 is 11.3 Å². The van der Waals surface area contributed by atoms with Crippen molar-refractivity contribution < 1.29 is 19.1 Å². The first-order chi connectivity index (χ1) is 16.3. The van der Waals surface area contributed by atoms with E-state index in [-0.39, 0.29) is 18.0 Å². The van der Waals surface area contributed by atoms with Gasteiger partial charge in [-0.1, -0.05) is 24.3 Å². The first-order valence-electron chi connectivity index (χ1n) is 11.4. The van der Waals surface area contributed by atoms with Crippen molar-refractivity contribution in [1.29, 1.82) is 0 Å². The fourth-order valence-corrected chi connectivity index (χ4v) is 5.15. The summed E-state index contributed by atoms with van der Waals surface area (Å²) in [6.45, 7) is 7.12. The summed E-state index contributed by atoms with van der Waals surface area (Å²) in [5.41, 5.74) is 2.91. The Morgan fingerprint density at radius 2 is 2.03 bits per heavy atom. The lowest BCUT2D eigenvalue weighted by Crippen LogP contribution is -2.35. The number of nitrogens with one attached hydrogen (secondary N) is 1. The number of benzene rings is 2. The number of rotatable bonds is 3. The third-order valence-electron chi connectivity index (χ3n) is 5.76. The quantitative estimate of drug-likeness (QED) is 0.562. The van der Waals surface area contributed by atoms with Gasteiger partial charge in [-0.05, 0) is 45.0 Å². The van der Waals surface area contributed by atoms with Gasteiger partial charge in [-0.25, -0.2) is 9.78 Å². The normalized spacial score (nSPS) is 17.7. The highest BCUT2D eigenvalue weighted by molar-refractivity contribution is 7.19. The number of amides is 2. The van der Waals surface area contributed by atoms with E-state index >= 15 is 0 Å². The largest absolute Gasteiger partial charge is 0.493 e. The molecule has 2 aliphatic heterocycles. The summed E-state index contributed by atoms with van der Waals surface area (Å²) < 4.78 is 12.1. The van der Waals surface area contributed by atoms with Gasteiger partial charge >= 0.3 is 6.09 Å². The molecule has 0 fully saturated rings. The van der Waals surface area contributed by atoms with Crippen LogP contribution in [0.2, 0.25) is 0 Å². The second-order valence-electron chi connectivity index (χ2n) is 9.49. The lowest BCUT2D eigenvalue weighted by atomic mass is 10.00. The molecule has 1 aromatic heterocycles. The maximum atomic E-state index is 13.0. The van der Waals surface area contributed by atoms with Gasteiger partial charge in [0.25, 0.3) is 5.91 Å². The molecule has 7 nitrogen and oxygen atoms in total. The van der Waals surface area contributed by atoms with Crippen molar-refractivity contribution >= 4 is 39.1 Å². The minimum Gasteiger partial charge on any atom is -0.493 e. The van der Waals surface area contributed by atoms with Crippen LogP contribution in [0.5, 0.6) is 5.75 Å². The van der Waals surface area contributed by atoms with Crippen molar-refractivity contribution in [3.8, 4) is 5.75 Å². The van der Waals surface area contributed by atoms with Gasteiger partial charge in [-0.15, -0.1) is 11.3 Å². The number of carbonyl (C=O) groups excluding carboxylic acids is 2. The molecule has 2 aromatic carbocycles. The molecule has 3 aromatic rings. The molecule has 0 unspecified atom stereocenters. The standard InChI is InChI=1S/C26H27N3O4S/c1-26(2,3)33-25(31)29-12-10-17(15-29)24-28-20-9-8-16(14-22(20)34-24)23(30)27-19-11-13-32-21-7-5-4-6-18(19)21/h4-10,14,19H,11-13,15H2,1-3H3,(H,27,30)/t19-/m0/s1. The van der Waals surface area contributed by atoms with E-state index in [1.54, 1.807) is 4.90 Å². The van der Waals surface area contributed by atoms with E-state index in [1.807, 2.05) is 69.3 Å². The van der Waals surface area contributed by atoms with E-state index in [4.69, 9.17) is 14.5 Å². The van der Waals surface area contributed by atoms with Crippen molar-refractivity contribution in [3.63, 3.8) is 0 Å². The van der Waals surface area contributed by atoms with Gasteiger partial charge in [0.05, 0.1) is 29.4 Å². The van der Waals surface area contributed by atoms with E-state index in [1.165, 1.54) is 11.3 Å². The topological polar surface area (TPSA) is 80.8 Å². The fraction of sp³-hybridized carbons (Fsp3) is 0.346. The van der Waals surface area contributed by atoms with Crippen LogP contribution in [0.1, 0.15) is 54.2 Å². The summed E-state index contributed by atoms with van der Waals surface area (Å²) >= 11 is 1.53. The number of fused-ring (bicyclic) bond motifs is 2. The molecule has 1 atom stereocenters. The molecule has 8 heteroatoms. The zero-order valence-corrected chi connectivity index (χ0v) is 20.3. The second kappa shape index (κ2) is 8.76. The number of hydrogen-bond donors (Lipinski definition) is 1. The number of ether oxygens (including phenoxy) is 2. The van der Waals surface area contributed by atoms with Gasteiger partial charge < -0.3 is 19.7 Å². The molecule has 5 rings (SSSR count). The van der Waals surface area contributed by atoms with Crippen molar-refractivity contribution in [2.24, 2.45) is 0 Å². The number of thiazole rings is 1. The number of hydrogen-bond acceptors (Lipinski definition) is 6. The van der Waals surface area contributed by atoms with Crippen LogP contribution in [0.25, 0.3) is 15.8 Å². The predicted octanol–water partition coefficient (Wildman–Crippen LogP) is 5.18. The molecule has 0 radical (unpaired) electrons. The Balaban J connectivity index is 1.29. The molecule has 2 amide bonds. The summed E-state index contributed by atoms with van der Waals surface area (Å²) in [5, 5.41) is 4.01. The van der Waals surface area contributed by atoms with Crippen LogP contribution in [0.4, 0.5) is 4.79 Å². The molecule has 0 saturated carbocycles. The van der Waals surface area contributed by atoms with Crippen LogP contribution in [-0.4, -0.2) is 47.2 Å². The van der Waals surface area contributed by atoms with Crippen LogP contribution in [0.3, 0.4) is 0 Å². The summed E-state index contributed by atoms with van der Waals surface area (Å²) in [4.78, 5) is 31.8. The number of para-hydroxylation sites is 1. The number of carbonyl (C=O) groups is 2. The third kappa shape index (κ3) is 4.63. The Hall–Kier alpha value is -3.39. The molecule has 1 N–H and O–H groups in total. The third-order valence-corrected chi connectivity index (χ3v) is 6.85.